The molecular formula is C27H36NSi+. The number of rotatable bonds is 4. The van der Waals surface area contributed by atoms with Crippen LogP contribution in [0.15, 0.2) is 60.8 Å². The summed E-state index contributed by atoms with van der Waals surface area (Å²) in [5, 5.41) is 1.42. The average molecular weight is 405 g/mol. The van der Waals surface area contributed by atoms with E-state index in [1.165, 1.54) is 16.3 Å². The number of nitrogens with zero attached hydrogens (tertiary/aromatic N) is 1. The third-order valence-corrected chi connectivity index (χ3v) is 7.29. The Hall–Kier alpha value is -2.19. The molecule has 1 aromatic heterocycles. The number of aryl methyl sites for hydroxylation is 2. The Bertz CT molecular complexity index is 1090. The fourth-order valence-corrected chi connectivity index (χ4v) is 4.80. The first-order valence-electron chi connectivity index (χ1n) is 11.4. The second kappa shape index (κ2) is 7.91. The molecule has 0 aliphatic carbocycles. The van der Waals surface area contributed by atoms with E-state index in [9.17, 15) is 0 Å². The van der Waals surface area contributed by atoms with Gasteiger partial charge in [-0.25, -0.2) is 4.57 Å². The zero-order valence-corrected chi connectivity index (χ0v) is 20.2. The average Bonchev–Trinajstić information content (AvgIpc) is 2.67. The molecule has 0 unspecified atom stereocenters. The van der Waals surface area contributed by atoms with Crippen LogP contribution >= 0.6 is 0 Å². The minimum absolute atomic E-state index is 0.539. The first-order chi connectivity index (χ1) is 14.2. The van der Waals surface area contributed by atoms with Gasteiger partial charge >= 0.3 is 0 Å². The molecule has 152 valence electrons. The quantitative estimate of drug-likeness (QED) is 0.355. The molecule has 29 heavy (non-hydrogen) atoms. The third-order valence-electron chi connectivity index (χ3n) is 5.25. The highest BCUT2D eigenvalue weighted by atomic mass is 28.3. The van der Waals surface area contributed by atoms with E-state index in [2.05, 4.69) is 80.8 Å². The molecule has 0 spiro atoms. The van der Waals surface area contributed by atoms with Crippen LogP contribution in [0, 0.1) is 12.3 Å². The fourth-order valence-electron chi connectivity index (χ4n) is 3.64. The summed E-state index contributed by atoms with van der Waals surface area (Å²) in [6, 6.07) is 19.1. The van der Waals surface area contributed by atoms with Crippen molar-refractivity contribution < 1.29 is 7.31 Å². The molecule has 2 aromatic carbocycles. The fraction of sp³-hybridized carbons (Fsp3) is 0.370. The number of aromatic nitrogens is 1. The minimum Gasteiger partial charge on any atom is -0.200 e. The zero-order chi connectivity index (χ0) is 23.2. The van der Waals surface area contributed by atoms with Gasteiger partial charge in [0.25, 0.3) is 0 Å². The Balaban J connectivity index is 2.35. The lowest BCUT2D eigenvalue weighted by Crippen LogP contribution is -2.38. The summed E-state index contributed by atoms with van der Waals surface area (Å²) < 4.78 is 20.3. The molecule has 0 N–H and O–H groups in total. The van der Waals surface area contributed by atoms with Crippen LogP contribution in [0.4, 0.5) is 0 Å². The SMILES string of the molecule is [2H]C([2H])(c1cc(-c2cc([Si](C)(C)C)ccc2C)[n+](C)cc1-c1ccccc1)C(C)(C)C. The molecule has 0 atom stereocenters. The van der Waals surface area contributed by atoms with E-state index >= 15 is 0 Å². The Morgan fingerprint density at radius 2 is 1.59 bits per heavy atom. The van der Waals surface area contributed by atoms with E-state index in [4.69, 9.17) is 2.74 Å². The number of benzene rings is 2. The van der Waals surface area contributed by atoms with E-state index < -0.39 is 19.9 Å². The van der Waals surface area contributed by atoms with E-state index in [-0.39, 0.29) is 0 Å². The van der Waals surface area contributed by atoms with Crippen LogP contribution in [0.1, 0.15) is 34.6 Å². The molecule has 0 saturated carbocycles. The summed E-state index contributed by atoms with van der Waals surface area (Å²) >= 11 is 0. The van der Waals surface area contributed by atoms with Gasteiger partial charge in [-0.3, -0.25) is 0 Å². The number of hydrogen-bond acceptors (Lipinski definition) is 0. The van der Waals surface area contributed by atoms with Crippen LogP contribution in [0.5, 0.6) is 0 Å². The van der Waals surface area contributed by atoms with Crippen LogP contribution < -0.4 is 9.75 Å². The van der Waals surface area contributed by atoms with Crippen LogP contribution in [0.3, 0.4) is 0 Å². The van der Waals surface area contributed by atoms with Gasteiger partial charge in [-0.15, -0.1) is 0 Å². The summed E-state index contributed by atoms with van der Waals surface area (Å²) in [4.78, 5) is 0. The molecule has 3 rings (SSSR count). The highest BCUT2D eigenvalue weighted by Crippen LogP contribution is 2.32. The Labute approximate surface area is 181 Å². The van der Waals surface area contributed by atoms with Gasteiger partial charge in [-0.05, 0) is 41.5 Å². The molecule has 0 radical (unpaired) electrons. The van der Waals surface area contributed by atoms with Gasteiger partial charge in [0.15, 0.2) is 6.20 Å². The molecule has 0 aliphatic rings. The molecule has 1 heterocycles. The minimum atomic E-state index is -1.49. The monoisotopic (exact) mass is 404 g/mol. The predicted octanol–water partition coefficient (Wildman–Crippen LogP) is 6.29. The topological polar surface area (TPSA) is 3.88 Å². The number of pyridine rings is 1. The van der Waals surface area contributed by atoms with E-state index in [1.54, 1.807) is 0 Å². The van der Waals surface area contributed by atoms with Crippen molar-refractivity contribution in [3.05, 3.63) is 71.9 Å². The van der Waals surface area contributed by atoms with Gasteiger partial charge < -0.3 is 0 Å². The van der Waals surface area contributed by atoms with E-state index in [1.807, 2.05) is 39.0 Å². The number of hydrogen-bond donors (Lipinski definition) is 0. The lowest BCUT2D eigenvalue weighted by Gasteiger charge is -2.21. The smallest absolute Gasteiger partial charge is 0.200 e. The lowest BCUT2D eigenvalue weighted by atomic mass is 9.84. The van der Waals surface area contributed by atoms with Crippen molar-refractivity contribution >= 4 is 13.3 Å². The molecule has 1 nitrogen and oxygen atoms in total. The molecular weight excluding hydrogens is 366 g/mol. The maximum atomic E-state index is 9.10. The summed E-state index contributed by atoms with van der Waals surface area (Å²) in [5.41, 5.74) is 5.66. The summed E-state index contributed by atoms with van der Waals surface area (Å²) in [7, 11) is 0.603. The van der Waals surface area contributed by atoms with Crippen molar-refractivity contribution in [3.63, 3.8) is 0 Å². The van der Waals surface area contributed by atoms with E-state index in [0.29, 0.717) is 0 Å². The van der Waals surface area contributed by atoms with Crippen molar-refractivity contribution in [2.24, 2.45) is 12.5 Å². The van der Waals surface area contributed by atoms with Gasteiger partial charge in [-0.2, -0.15) is 0 Å². The largest absolute Gasteiger partial charge is 0.212 e. The van der Waals surface area contributed by atoms with Crippen molar-refractivity contribution in [1.29, 1.82) is 0 Å². The highest BCUT2D eigenvalue weighted by Gasteiger charge is 2.24. The van der Waals surface area contributed by atoms with Crippen molar-refractivity contribution in [1.82, 2.24) is 0 Å². The standard InChI is InChI=1S/C27H36NSi/c1-20-14-15-23(29(6,7)8)17-24(20)26-16-22(18-27(2,3)4)25(19-28(26)5)21-12-10-9-11-13-21/h9-17,19H,18H2,1-8H3/q+1/i18D2. The highest BCUT2D eigenvalue weighted by molar-refractivity contribution is 6.88. The summed E-state index contributed by atoms with van der Waals surface area (Å²) in [5.74, 6) is 0. The Kier molecular flexibility index (Phi) is 5.13. The van der Waals surface area contributed by atoms with E-state index in [0.717, 1.165) is 22.4 Å². The predicted molar refractivity (Wildman–Crippen MR) is 129 cm³/mol. The summed E-state index contributed by atoms with van der Waals surface area (Å²) in [6.07, 6.45) is 0.607. The Morgan fingerprint density at radius 3 is 2.17 bits per heavy atom. The van der Waals surface area contributed by atoms with Gasteiger partial charge in [0.05, 0.1) is 8.07 Å². The normalized spacial score (nSPS) is 13.8. The summed E-state index contributed by atoms with van der Waals surface area (Å²) in [6.45, 7) is 15.2. The van der Waals surface area contributed by atoms with Crippen LogP contribution in [0.25, 0.3) is 22.4 Å². The van der Waals surface area contributed by atoms with Crippen LogP contribution in [0.2, 0.25) is 19.6 Å². The first kappa shape index (κ1) is 18.8. The molecule has 0 saturated heterocycles. The van der Waals surface area contributed by atoms with Gasteiger partial charge in [0.2, 0.25) is 5.69 Å². The van der Waals surface area contributed by atoms with Gasteiger partial charge in [0, 0.05) is 19.9 Å². The molecule has 0 bridgehead atoms. The molecule has 0 fully saturated rings. The lowest BCUT2D eigenvalue weighted by molar-refractivity contribution is -0.660. The van der Waals surface area contributed by atoms with Crippen LogP contribution in [-0.2, 0) is 13.4 Å². The van der Waals surface area contributed by atoms with Gasteiger partial charge in [-0.1, -0.05) is 88.1 Å². The molecule has 0 aliphatic heterocycles. The van der Waals surface area contributed by atoms with Crippen molar-refractivity contribution in [3.8, 4) is 22.4 Å². The van der Waals surface area contributed by atoms with Crippen LogP contribution in [-0.4, -0.2) is 8.07 Å². The van der Waals surface area contributed by atoms with Crippen molar-refractivity contribution in [2.75, 3.05) is 0 Å². The van der Waals surface area contributed by atoms with Crippen molar-refractivity contribution in [2.45, 2.75) is 53.7 Å². The van der Waals surface area contributed by atoms with Gasteiger partial charge in [0.1, 0.15) is 7.05 Å². The maximum Gasteiger partial charge on any atom is 0.212 e. The second-order valence-corrected chi connectivity index (χ2v) is 15.2. The second-order valence-electron chi connectivity index (χ2n) is 10.1. The first-order valence-corrected chi connectivity index (χ1v) is 13.9. The molecule has 2 heteroatoms. The molecule has 0 amide bonds. The third kappa shape index (κ3) is 5.05. The Morgan fingerprint density at radius 1 is 0.931 bits per heavy atom. The molecule has 3 aromatic rings. The zero-order valence-electron chi connectivity index (χ0n) is 21.2. The maximum absolute atomic E-state index is 9.10.